The SMILES string of the molecule is Cc1ccc(Br)c(NC2CC(O)C2(C)C)c1. The third-order valence-electron chi connectivity index (χ3n) is 3.67. The molecule has 0 bridgehead atoms. The van der Waals surface area contributed by atoms with Gasteiger partial charge in [0.25, 0.3) is 0 Å². The number of rotatable bonds is 2. The second-order valence-corrected chi connectivity index (χ2v) is 6.11. The minimum atomic E-state index is -0.186. The smallest absolute Gasteiger partial charge is 0.0630 e. The molecule has 2 unspecified atom stereocenters. The summed E-state index contributed by atoms with van der Waals surface area (Å²) in [6, 6.07) is 6.61. The van der Waals surface area contributed by atoms with E-state index in [1.54, 1.807) is 0 Å². The number of halogens is 1. The Morgan fingerprint density at radius 3 is 2.69 bits per heavy atom. The Kier molecular flexibility index (Phi) is 3.01. The average molecular weight is 284 g/mol. The van der Waals surface area contributed by atoms with Gasteiger partial charge in [-0.25, -0.2) is 0 Å². The zero-order valence-corrected chi connectivity index (χ0v) is 11.5. The summed E-state index contributed by atoms with van der Waals surface area (Å²) < 4.78 is 1.08. The van der Waals surface area contributed by atoms with Crippen molar-refractivity contribution in [3.63, 3.8) is 0 Å². The summed E-state index contributed by atoms with van der Waals surface area (Å²) in [4.78, 5) is 0. The van der Waals surface area contributed by atoms with Crippen molar-refractivity contribution in [3.8, 4) is 0 Å². The molecule has 0 aliphatic heterocycles. The first-order valence-corrected chi connectivity index (χ1v) is 6.41. The molecule has 88 valence electrons. The highest BCUT2D eigenvalue weighted by molar-refractivity contribution is 9.10. The van der Waals surface area contributed by atoms with E-state index in [0.29, 0.717) is 6.04 Å². The molecule has 0 saturated heterocycles. The molecule has 2 atom stereocenters. The summed E-state index contributed by atoms with van der Waals surface area (Å²) in [5.74, 6) is 0. The lowest BCUT2D eigenvalue weighted by Crippen LogP contribution is -2.56. The van der Waals surface area contributed by atoms with Crippen LogP contribution in [0.1, 0.15) is 25.8 Å². The summed E-state index contributed by atoms with van der Waals surface area (Å²) >= 11 is 3.54. The molecule has 16 heavy (non-hydrogen) atoms. The Morgan fingerprint density at radius 1 is 1.44 bits per heavy atom. The van der Waals surface area contributed by atoms with Gasteiger partial charge in [-0.1, -0.05) is 19.9 Å². The summed E-state index contributed by atoms with van der Waals surface area (Å²) in [5.41, 5.74) is 2.32. The lowest BCUT2D eigenvalue weighted by molar-refractivity contribution is -0.0510. The van der Waals surface area contributed by atoms with Crippen LogP contribution < -0.4 is 5.32 Å². The van der Waals surface area contributed by atoms with E-state index >= 15 is 0 Å². The van der Waals surface area contributed by atoms with E-state index in [1.165, 1.54) is 5.56 Å². The van der Waals surface area contributed by atoms with Gasteiger partial charge in [-0.05, 0) is 47.0 Å². The predicted molar refractivity (Wildman–Crippen MR) is 70.7 cm³/mol. The molecule has 1 aromatic rings. The summed E-state index contributed by atoms with van der Waals surface area (Å²) in [6.07, 6.45) is 0.640. The van der Waals surface area contributed by atoms with Gasteiger partial charge in [-0.2, -0.15) is 0 Å². The van der Waals surface area contributed by atoms with Gasteiger partial charge in [-0.3, -0.25) is 0 Å². The van der Waals surface area contributed by atoms with Crippen LogP contribution in [0, 0.1) is 12.3 Å². The fraction of sp³-hybridized carbons (Fsp3) is 0.538. The van der Waals surface area contributed by atoms with Crippen molar-refractivity contribution >= 4 is 21.6 Å². The third-order valence-corrected chi connectivity index (χ3v) is 4.36. The maximum atomic E-state index is 9.70. The Bertz CT molecular complexity index is 403. The molecule has 2 rings (SSSR count). The van der Waals surface area contributed by atoms with Crippen molar-refractivity contribution in [2.24, 2.45) is 5.41 Å². The molecule has 2 N–H and O–H groups in total. The Balaban J connectivity index is 2.13. The minimum Gasteiger partial charge on any atom is -0.392 e. The topological polar surface area (TPSA) is 32.3 Å². The molecular formula is C13H18BrNO. The number of aliphatic hydroxyl groups is 1. The lowest BCUT2D eigenvalue weighted by atomic mass is 9.64. The van der Waals surface area contributed by atoms with Crippen molar-refractivity contribution in [2.45, 2.75) is 39.3 Å². The van der Waals surface area contributed by atoms with Gasteiger partial charge in [0.05, 0.1) is 6.10 Å². The molecule has 1 aliphatic rings. The van der Waals surface area contributed by atoms with Gasteiger partial charge in [0.1, 0.15) is 0 Å². The molecule has 1 saturated carbocycles. The summed E-state index contributed by atoms with van der Waals surface area (Å²) in [6.45, 7) is 6.28. The standard InChI is InChI=1S/C13H18BrNO/c1-8-4-5-9(14)10(6-8)15-11-7-12(16)13(11,2)3/h4-6,11-12,15-16H,7H2,1-3H3. The quantitative estimate of drug-likeness (QED) is 0.873. The van der Waals surface area contributed by atoms with Crippen LogP contribution in [0.3, 0.4) is 0 Å². The van der Waals surface area contributed by atoms with Crippen molar-refractivity contribution in [3.05, 3.63) is 28.2 Å². The van der Waals surface area contributed by atoms with E-state index in [0.717, 1.165) is 16.6 Å². The molecule has 1 fully saturated rings. The highest BCUT2D eigenvalue weighted by Gasteiger charge is 2.47. The lowest BCUT2D eigenvalue weighted by Gasteiger charge is -2.50. The fourth-order valence-electron chi connectivity index (χ4n) is 2.08. The van der Waals surface area contributed by atoms with Crippen LogP contribution in [-0.4, -0.2) is 17.3 Å². The first-order valence-electron chi connectivity index (χ1n) is 5.62. The van der Waals surface area contributed by atoms with Crippen LogP contribution in [0.2, 0.25) is 0 Å². The first-order chi connectivity index (χ1) is 7.41. The summed E-state index contributed by atoms with van der Waals surface area (Å²) in [7, 11) is 0. The van der Waals surface area contributed by atoms with Crippen LogP contribution in [-0.2, 0) is 0 Å². The van der Waals surface area contributed by atoms with Crippen LogP contribution >= 0.6 is 15.9 Å². The van der Waals surface area contributed by atoms with Crippen molar-refractivity contribution in [2.75, 3.05) is 5.32 Å². The maximum absolute atomic E-state index is 9.70. The van der Waals surface area contributed by atoms with Crippen LogP contribution in [0.15, 0.2) is 22.7 Å². The van der Waals surface area contributed by atoms with Gasteiger partial charge in [0.15, 0.2) is 0 Å². The molecule has 0 aromatic heterocycles. The normalized spacial score (nSPS) is 27.3. The number of aryl methyl sites for hydroxylation is 1. The zero-order valence-electron chi connectivity index (χ0n) is 9.92. The van der Waals surface area contributed by atoms with E-state index in [-0.39, 0.29) is 11.5 Å². The molecular weight excluding hydrogens is 266 g/mol. The second-order valence-electron chi connectivity index (χ2n) is 5.25. The fourth-order valence-corrected chi connectivity index (χ4v) is 2.45. The molecule has 0 amide bonds. The Morgan fingerprint density at radius 2 is 2.12 bits per heavy atom. The molecule has 0 radical (unpaired) electrons. The van der Waals surface area contributed by atoms with Gasteiger partial charge >= 0.3 is 0 Å². The molecule has 3 heteroatoms. The minimum absolute atomic E-state index is 0.0385. The van der Waals surface area contributed by atoms with Gasteiger partial charge < -0.3 is 10.4 Å². The van der Waals surface area contributed by atoms with Gasteiger partial charge in [0.2, 0.25) is 0 Å². The number of hydrogen-bond donors (Lipinski definition) is 2. The molecule has 0 spiro atoms. The van der Waals surface area contributed by atoms with E-state index in [9.17, 15) is 5.11 Å². The molecule has 0 heterocycles. The zero-order chi connectivity index (χ0) is 11.9. The number of benzene rings is 1. The predicted octanol–water partition coefficient (Wildman–Crippen LogP) is 3.33. The highest BCUT2D eigenvalue weighted by atomic mass is 79.9. The van der Waals surface area contributed by atoms with Crippen molar-refractivity contribution in [1.29, 1.82) is 0 Å². The van der Waals surface area contributed by atoms with Crippen molar-refractivity contribution < 1.29 is 5.11 Å². The van der Waals surface area contributed by atoms with Crippen molar-refractivity contribution in [1.82, 2.24) is 0 Å². The third kappa shape index (κ3) is 1.98. The maximum Gasteiger partial charge on any atom is 0.0630 e. The molecule has 2 nitrogen and oxygen atoms in total. The monoisotopic (exact) mass is 283 g/mol. The highest BCUT2D eigenvalue weighted by Crippen LogP contribution is 2.43. The van der Waals surface area contributed by atoms with E-state index < -0.39 is 0 Å². The molecule has 1 aromatic carbocycles. The molecule has 1 aliphatic carbocycles. The van der Waals surface area contributed by atoms with Crippen LogP contribution in [0.4, 0.5) is 5.69 Å². The number of aliphatic hydroxyl groups excluding tert-OH is 1. The number of nitrogens with one attached hydrogen (secondary N) is 1. The number of hydrogen-bond acceptors (Lipinski definition) is 2. The van der Waals surface area contributed by atoms with E-state index in [1.807, 2.05) is 0 Å². The van der Waals surface area contributed by atoms with Gasteiger partial charge in [0, 0.05) is 21.6 Å². The second kappa shape index (κ2) is 4.04. The van der Waals surface area contributed by atoms with E-state index in [2.05, 4.69) is 60.2 Å². The first kappa shape index (κ1) is 11.9. The average Bonchev–Trinajstić information content (AvgIpc) is 2.23. The van der Waals surface area contributed by atoms with Crippen LogP contribution in [0.25, 0.3) is 0 Å². The Labute approximate surface area is 105 Å². The summed E-state index contributed by atoms with van der Waals surface area (Å²) in [5, 5.41) is 13.2. The Hall–Kier alpha value is -0.540. The van der Waals surface area contributed by atoms with Gasteiger partial charge in [-0.15, -0.1) is 0 Å². The number of anilines is 1. The largest absolute Gasteiger partial charge is 0.392 e. The van der Waals surface area contributed by atoms with E-state index in [4.69, 9.17) is 0 Å². The van der Waals surface area contributed by atoms with Crippen LogP contribution in [0.5, 0.6) is 0 Å².